The third-order valence-electron chi connectivity index (χ3n) is 6.32. The molecule has 2 atom stereocenters. The van der Waals surface area contributed by atoms with Crippen LogP contribution in [0.15, 0.2) is 0 Å². The van der Waals surface area contributed by atoms with Crippen molar-refractivity contribution in [3.63, 3.8) is 0 Å². The highest BCUT2D eigenvalue weighted by Gasteiger charge is 2.31. The Kier molecular flexibility index (Phi) is 9.72. The molecule has 2 aliphatic heterocycles. The SMILES string of the molecule is CN(C)C(=O)[C@H]1CCCN1CCCCCCCCN1CCC[C@@H]1C(=O)N(C)C. The van der Waals surface area contributed by atoms with Crippen LogP contribution in [0.3, 0.4) is 0 Å². The number of hydrogen-bond acceptors (Lipinski definition) is 4. The van der Waals surface area contributed by atoms with Crippen LogP contribution in [-0.4, -0.2) is 97.9 Å². The molecule has 162 valence electrons. The van der Waals surface area contributed by atoms with Crippen LogP contribution < -0.4 is 0 Å². The Hall–Kier alpha value is -1.14. The third kappa shape index (κ3) is 6.73. The minimum atomic E-state index is 0.119. The van der Waals surface area contributed by atoms with Gasteiger partial charge in [-0.2, -0.15) is 0 Å². The first-order valence-electron chi connectivity index (χ1n) is 11.3. The summed E-state index contributed by atoms with van der Waals surface area (Å²) in [6.07, 6.45) is 11.8. The largest absolute Gasteiger partial charge is 0.347 e. The van der Waals surface area contributed by atoms with Crippen molar-refractivity contribution in [2.24, 2.45) is 0 Å². The summed E-state index contributed by atoms with van der Waals surface area (Å²) < 4.78 is 0. The number of rotatable bonds is 11. The van der Waals surface area contributed by atoms with Crippen molar-refractivity contribution in [1.29, 1.82) is 0 Å². The maximum atomic E-state index is 12.2. The first-order valence-corrected chi connectivity index (χ1v) is 11.3. The highest BCUT2D eigenvalue weighted by atomic mass is 16.2. The first-order chi connectivity index (χ1) is 13.4. The van der Waals surface area contributed by atoms with Crippen molar-refractivity contribution in [3.8, 4) is 0 Å². The fraction of sp³-hybridized carbons (Fsp3) is 0.909. The molecule has 2 fully saturated rings. The maximum absolute atomic E-state index is 12.2. The van der Waals surface area contributed by atoms with E-state index in [-0.39, 0.29) is 23.9 Å². The number of likely N-dealkylation sites (N-methyl/N-ethyl adjacent to an activating group) is 2. The van der Waals surface area contributed by atoms with Gasteiger partial charge in [-0.15, -0.1) is 0 Å². The fourth-order valence-electron chi connectivity index (χ4n) is 4.68. The summed E-state index contributed by atoms with van der Waals surface area (Å²) in [7, 11) is 7.44. The molecule has 0 N–H and O–H groups in total. The molecule has 6 heteroatoms. The molecule has 0 aliphatic carbocycles. The summed E-state index contributed by atoms with van der Waals surface area (Å²) in [5.41, 5.74) is 0. The van der Waals surface area contributed by atoms with E-state index in [1.54, 1.807) is 9.80 Å². The Labute approximate surface area is 172 Å². The zero-order valence-electron chi connectivity index (χ0n) is 18.7. The Morgan fingerprint density at radius 2 is 1.04 bits per heavy atom. The smallest absolute Gasteiger partial charge is 0.239 e. The quantitative estimate of drug-likeness (QED) is 0.505. The lowest BCUT2D eigenvalue weighted by atomic mass is 10.1. The summed E-state index contributed by atoms with van der Waals surface area (Å²) in [5.74, 6) is 0.538. The molecule has 0 spiro atoms. The second-order valence-electron chi connectivity index (χ2n) is 8.97. The normalized spacial score (nSPS) is 23.3. The second-order valence-corrected chi connectivity index (χ2v) is 8.97. The predicted molar refractivity (Wildman–Crippen MR) is 114 cm³/mol. The van der Waals surface area contributed by atoms with E-state index in [2.05, 4.69) is 9.80 Å². The molecular formula is C22H42N4O2. The van der Waals surface area contributed by atoms with Crippen LogP contribution in [0.1, 0.15) is 64.2 Å². The number of carbonyl (C=O) groups is 2. The van der Waals surface area contributed by atoms with E-state index in [9.17, 15) is 9.59 Å². The van der Waals surface area contributed by atoms with Crippen molar-refractivity contribution in [2.75, 3.05) is 54.4 Å². The molecule has 6 nitrogen and oxygen atoms in total. The highest BCUT2D eigenvalue weighted by Crippen LogP contribution is 2.21. The van der Waals surface area contributed by atoms with Crippen molar-refractivity contribution in [3.05, 3.63) is 0 Å². The van der Waals surface area contributed by atoms with Gasteiger partial charge in [-0.1, -0.05) is 25.7 Å². The molecule has 28 heavy (non-hydrogen) atoms. The lowest BCUT2D eigenvalue weighted by molar-refractivity contribution is -0.134. The molecule has 2 aliphatic rings. The van der Waals surface area contributed by atoms with E-state index in [0.29, 0.717) is 0 Å². The number of likely N-dealkylation sites (tertiary alicyclic amines) is 2. The summed E-state index contributed by atoms with van der Waals surface area (Å²) in [4.78, 5) is 32.7. The van der Waals surface area contributed by atoms with Crippen LogP contribution in [0, 0.1) is 0 Å². The van der Waals surface area contributed by atoms with E-state index >= 15 is 0 Å². The molecule has 0 bridgehead atoms. The standard InChI is InChI=1S/C22H42N4O2/c1-23(2)21(27)19-13-11-17-25(19)15-9-7-5-6-8-10-16-26-18-12-14-20(26)22(28)24(3)4/h19-20H,5-18H2,1-4H3/t19-,20-/m1/s1. The Balaban J connectivity index is 1.52. The highest BCUT2D eigenvalue weighted by molar-refractivity contribution is 5.82. The van der Waals surface area contributed by atoms with E-state index in [0.717, 1.165) is 51.9 Å². The summed E-state index contributed by atoms with van der Waals surface area (Å²) in [6.45, 7) is 4.28. The minimum absolute atomic E-state index is 0.119. The number of unbranched alkanes of at least 4 members (excludes halogenated alkanes) is 5. The van der Waals surface area contributed by atoms with Gasteiger partial charge in [-0.25, -0.2) is 0 Å². The monoisotopic (exact) mass is 394 g/mol. The van der Waals surface area contributed by atoms with E-state index < -0.39 is 0 Å². The second kappa shape index (κ2) is 11.8. The van der Waals surface area contributed by atoms with Gasteiger partial charge in [0.25, 0.3) is 0 Å². The lowest BCUT2D eigenvalue weighted by Gasteiger charge is -2.26. The van der Waals surface area contributed by atoms with E-state index in [4.69, 9.17) is 0 Å². The van der Waals surface area contributed by atoms with Gasteiger partial charge in [-0.05, 0) is 64.7 Å². The molecule has 0 unspecified atom stereocenters. The van der Waals surface area contributed by atoms with Crippen molar-refractivity contribution >= 4 is 11.8 Å². The zero-order chi connectivity index (χ0) is 20.5. The molecule has 0 saturated carbocycles. The van der Waals surface area contributed by atoms with Gasteiger partial charge < -0.3 is 9.80 Å². The molecule has 0 aromatic rings. The molecule has 0 radical (unpaired) electrons. The Morgan fingerprint density at radius 1 is 0.679 bits per heavy atom. The Bertz CT molecular complexity index is 451. The van der Waals surface area contributed by atoms with Crippen LogP contribution in [0.4, 0.5) is 0 Å². The molecule has 2 saturated heterocycles. The van der Waals surface area contributed by atoms with Crippen LogP contribution in [0.5, 0.6) is 0 Å². The summed E-state index contributed by atoms with van der Waals surface area (Å²) >= 11 is 0. The summed E-state index contributed by atoms with van der Waals surface area (Å²) in [5, 5.41) is 0. The van der Waals surface area contributed by atoms with Gasteiger partial charge >= 0.3 is 0 Å². The number of nitrogens with zero attached hydrogens (tertiary/aromatic N) is 4. The summed E-state index contributed by atoms with van der Waals surface area (Å²) in [6, 6.07) is 0.238. The molecular weight excluding hydrogens is 352 g/mol. The third-order valence-corrected chi connectivity index (χ3v) is 6.32. The van der Waals surface area contributed by atoms with Crippen LogP contribution >= 0.6 is 0 Å². The lowest BCUT2D eigenvalue weighted by Crippen LogP contribution is -2.43. The topological polar surface area (TPSA) is 47.1 Å². The number of amides is 2. The van der Waals surface area contributed by atoms with Crippen molar-refractivity contribution in [1.82, 2.24) is 19.6 Å². The molecule has 2 heterocycles. The van der Waals surface area contributed by atoms with Crippen LogP contribution in [0.25, 0.3) is 0 Å². The van der Waals surface area contributed by atoms with Gasteiger partial charge in [0.1, 0.15) is 0 Å². The van der Waals surface area contributed by atoms with Crippen LogP contribution in [0.2, 0.25) is 0 Å². The number of carbonyl (C=O) groups excluding carboxylic acids is 2. The van der Waals surface area contributed by atoms with Gasteiger partial charge in [-0.3, -0.25) is 19.4 Å². The molecule has 0 aromatic carbocycles. The molecule has 0 aromatic heterocycles. The van der Waals surface area contributed by atoms with E-state index in [1.165, 1.54) is 38.5 Å². The van der Waals surface area contributed by atoms with E-state index in [1.807, 2.05) is 28.2 Å². The average Bonchev–Trinajstić information content (AvgIpc) is 3.31. The number of hydrogen-bond donors (Lipinski definition) is 0. The Morgan fingerprint density at radius 3 is 1.39 bits per heavy atom. The fourth-order valence-corrected chi connectivity index (χ4v) is 4.68. The van der Waals surface area contributed by atoms with Gasteiger partial charge in [0.15, 0.2) is 0 Å². The van der Waals surface area contributed by atoms with Crippen LogP contribution in [-0.2, 0) is 9.59 Å². The van der Waals surface area contributed by atoms with Gasteiger partial charge in [0, 0.05) is 28.2 Å². The zero-order valence-corrected chi connectivity index (χ0v) is 18.7. The average molecular weight is 395 g/mol. The predicted octanol–water partition coefficient (Wildman–Crippen LogP) is 2.43. The minimum Gasteiger partial charge on any atom is -0.347 e. The maximum Gasteiger partial charge on any atom is 0.239 e. The van der Waals surface area contributed by atoms with Gasteiger partial charge in [0.05, 0.1) is 12.1 Å². The van der Waals surface area contributed by atoms with Crippen molar-refractivity contribution in [2.45, 2.75) is 76.3 Å². The first kappa shape index (κ1) is 23.1. The van der Waals surface area contributed by atoms with Crippen molar-refractivity contribution < 1.29 is 9.59 Å². The molecule has 2 rings (SSSR count). The molecule has 2 amide bonds. The van der Waals surface area contributed by atoms with Gasteiger partial charge in [0.2, 0.25) is 11.8 Å².